The average molecular weight is 421 g/mol. The first-order valence-corrected chi connectivity index (χ1v) is 11.0. The van der Waals surface area contributed by atoms with Crippen LogP contribution < -0.4 is 10.0 Å². The minimum absolute atomic E-state index is 0.119. The van der Waals surface area contributed by atoms with Crippen LogP contribution in [0.5, 0.6) is 0 Å². The van der Waals surface area contributed by atoms with Gasteiger partial charge in [0.2, 0.25) is 5.91 Å². The molecule has 0 spiro atoms. The third-order valence-electron chi connectivity index (χ3n) is 4.70. The number of carbonyl (C=O) groups excluding carboxylic acids is 1. The Morgan fingerprint density at radius 2 is 1.43 bits per heavy atom. The zero-order valence-electron chi connectivity index (χ0n) is 17.1. The maximum Gasteiger partial charge on any atom is 0.261 e. The van der Waals surface area contributed by atoms with Crippen LogP contribution in [-0.4, -0.2) is 14.3 Å². The Kier molecular flexibility index (Phi) is 6.37. The number of benzene rings is 3. The largest absolute Gasteiger partial charge is 0.323 e. The molecule has 0 saturated carbocycles. The molecule has 30 heavy (non-hydrogen) atoms. The molecule has 1 amide bonds. The highest BCUT2D eigenvalue weighted by Crippen LogP contribution is 2.20. The number of sulfonamides is 1. The van der Waals surface area contributed by atoms with E-state index in [0.717, 1.165) is 22.3 Å². The van der Waals surface area contributed by atoms with Crippen molar-refractivity contribution in [3.8, 4) is 0 Å². The molecule has 3 aromatic rings. The van der Waals surface area contributed by atoms with Crippen LogP contribution in [0.2, 0.25) is 0 Å². The molecule has 5 nitrogen and oxygen atoms in total. The lowest BCUT2D eigenvalue weighted by molar-refractivity contribution is -0.111. The Balaban J connectivity index is 1.65. The average Bonchev–Trinajstić information content (AvgIpc) is 2.70. The summed E-state index contributed by atoms with van der Waals surface area (Å²) in [6.07, 6.45) is 3.16. The molecule has 2 N–H and O–H groups in total. The molecule has 0 aromatic heterocycles. The van der Waals surface area contributed by atoms with Crippen LogP contribution in [0.1, 0.15) is 22.3 Å². The van der Waals surface area contributed by atoms with Gasteiger partial charge in [-0.25, -0.2) is 8.42 Å². The highest BCUT2D eigenvalue weighted by atomic mass is 32.2. The topological polar surface area (TPSA) is 75.3 Å². The molecule has 0 unspecified atom stereocenters. The molecular formula is C24H24N2O3S. The van der Waals surface area contributed by atoms with Crippen molar-refractivity contribution in [2.24, 2.45) is 0 Å². The van der Waals surface area contributed by atoms with Gasteiger partial charge in [-0.2, -0.15) is 0 Å². The van der Waals surface area contributed by atoms with Crippen LogP contribution in [-0.2, 0) is 14.8 Å². The van der Waals surface area contributed by atoms with Crippen LogP contribution in [0.4, 0.5) is 11.4 Å². The van der Waals surface area contributed by atoms with Gasteiger partial charge in [0, 0.05) is 17.5 Å². The van der Waals surface area contributed by atoms with E-state index in [4.69, 9.17) is 0 Å². The summed E-state index contributed by atoms with van der Waals surface area (Å²) in [5.74, 6) is -0.292. The third kappa shape index (κ3) is 5.58. The fourth-order valence-electron chi connectivity index (χ4n) is 2.77. The molecule has 0 bridgehead atoms. The Morgan fingerprint density at radius 1 is 0.800 bits per heavy atom. The van der Waals surface area contributed by atoms with Crippen molar-refractivity contribution in [2.45, 2.75) is 25.7 Å². The van der Waals surface area contributed by atoms with Crippen molar-refractivity contribution >= 4 is 33.4 Å². The molecule has 0 radical (unpaired) electrons. The van der Waals surface area contributed by atoms with E-state index >= 15 is 0 Å². The molecule has 3 aromatic carbocycles. The monoisotopic (exact) mass is 420 g/mol. The zero-order valence-corrected chi connectivity index (χ0v) is 18.0. The van der Waals surface area contributed by atoms with Gasteiger partial charge in [-0.05, 0) is 79.9 Å². The van der Waals surface area contributed by atoms with Crippen molar-refractivity contribution in [3.63, 3.8) is 0 Å². The van der Waals surface area contributed by atoms with Gasteiger partial charge >= 0.3 is 0 Å². The summed E-state index contributed by atoms with van der Waals surface area (Å²) in [6, 6.07) is 19.3. The lowest BCUT2D eigenvalue weighted by atomic mass is 10.1. The van der Waals surface area contributed by atoms with E-state index in [-0.39, 0.29) is 10.8 Å². The standard InChI is InChI=1S/C24H24N2O3S/c1-17-4-7-20(8-5-17)9-15-24(27)25-21-11-13-23(14-12-21)30(28,29)26-22-10-6-18(2)19(3)16-22/h4-16,26H,1-3H3,(H,25,27). The first-order chi connectivity index (χ1) is 14.2. The molecule has 0 aliphatic rings. The van der Waals surface area contributed by atoms with Gasteiger partial charge < -0.3 is 5.32 Å². The van der Waals surface area contributed by atoms with Gasteiger partial charge in [0.25, 0.3) is 10.0 Å². The minimum Gasteiger partial charge on any atom is -0.323 e. The second kappa shape index (κ2) is 8.97. The predicted octanol–water partition coefficient (Wildman–Crippen LogP) is 5.06. The van der Waals surface area contributed by atoms with Crippen molar-refractivity contribution in [1.82, 2.24) is 0 Å². The molecule has 0 aliphatic heterocycles. The van der Waals surface area contributed by atoms with Gasteiger partial charge in [-0.1, -0.05) is 35.9 Å². The maximum atomic E-state index is 12.6. The molecule has 3 rings (SSSR count). The summed E-state index contributed by atoms with van der Waals surface area (Å²) >= 11 is 0. The fourth-order valence-corrected chi connectivity index (χ4v) is 3.82. The number of rotatable bonds is 6. The first kappa shape index (κ1) is 21.3. The smallest absolute Gasteiger partial charge is 0.261 e. The molecule has 0 fully saturated rings. The van der Waals surface area contributed by atoms with Crippen molar-refractivity contribution in [1.29, 1.82) is 0 Å². The summed E-state index contributed by atoms with van der Waals surface area (Å²) < 4.78 is 27.8. The second-order valence-corrected chi connectivity index (χ2v) is 8.84. The minimum atomic E-state index is -3.71. The van der Waals surface area contributed by atoms with Gasteiger partial charge in [0.15, 0.2) is 0 Å². The normalized spacial score (nSPS) is 11.4. The van der Waals surface area contributed by atoms with Crippen LogP contribution >= 0.6 is 0 Å². The van der Waals surface area contributed by atoms with E-state index in [2.05, 4.69) is 10.0 Å². The number of hydrogen-bond acceptors (Lipinski definition) is 3. The fraction of sp³-hybridized carbons (Fsp3) is 0.125. The molecule has 0 aliphatic carbocycles. The van der Waals surface area contributed by atoms with Crippen molar-refractivity contribution < 1.29 is 13.2 Å². The van der Waals surface area contributed by atoms with Crippen LogP contribution in [0.25, 0.3) is 6.08 Å². The number of hydrogen-bond donors (Lipinski definition) is 2. The quantitative estimate of drug-likeness (QED) is 0.547. The Morgan fingerprint density at radius 3 is 2.07 bits per heavy atom. The molecule has 0 saturated heterocycles. The summed E-state index contributed by atoms with van der Waals surface area (Å²) in [6.45, 7) is 5.90. The van der Waals surface area contributed by atoms with E-state index in [9.17, 15) is 13.2 Å². The van der Waals surface area contributed by atoms with E-state index in [1.807, 2.05) is 51.1 Å². The number of nitrogens with one attached hydrogen (secondary N) is 2. The number of amides is 1. The summed E-state index contributed by atoms with van der Waals surface area (Å²) in [7, 11) is -3.71. The first-order valence-electron chi connectivity index (χ1n) is 9.49. The predicted molar refractivity (Wildman–Crippen MR) is 122 cm³/mol. The van der Waals surface area contributed by atoms with E-state index in [1.54, 1.807) is 30.3 Å². The number of anilines is 2. The summed E-state index contributed by atoms with van der Waals surface area (Å²) in [5, 5.41) is 2.72. The van der Waals surface area contributed by atoms with Gasteiger partial charge in [0.05, 0.1) is 4.90 Å². The van der Waals surface area contributed by atoms with E-state index in [0.29, 0.717) is 11.4 Å². The van der Waals surface area contributed by atoms with Gasteiger partial charge in [-0.3, -0.25) is 9.52 Å². The van der Waals surface area contributed by atoms with Crippen LogP contribution in [0.3, 0.4) is 0 Å². The molecular weight excluding hydrogens is 396 g/mol. The Labute approximate surface area is 177 Å². The Hall–Kier alpha value is -3.38. The van der Waals surface area contributed by atoms with Gasteiger partial charge in [0.1, 0.15) is 0 Å². The van der Waals surface area contributed by atoms with Crippen molar-refractivity contribution in [3.05, 3.63) is 95.1 Å². The number of aryl methyl sites for hydroxylation is 3. The van der Waals surface area contributed by atoms with Gasteiger partial charge in [-0.15, -0.1) is 0 Å². The molecule has 0 heterocycles. The lowest BCUT2D eigenvalue weighted by Crippen LogP contribution is -2.13. The van der Waals surface area contributed by atoms with Crippen LogP contribution in [0, 0.1) is 20.8 Å². The molecule has 6 heteroatoms. The highest BCUT2D eigenvalue weighted by Gasteiger charge is 2.14. The zero-order chi connectivity index (χ0) is 21.7. The number of carbonyl (C=O) groups is 1. The summed E-state index contributed by atoms with van der Waals surface area (Å²) in [4.78, 5) is 12.2. The SMILES string of the molecule is Cc1ccc(C=CC(=O)Nc2ccc(S(=O)(=O)Nc3ccc(C)c(C)c3)cc2)cc1. The van der Waals surface area contributed by atoms with E-state index < -0.39 is 10.0 Å². The highest BCUT2D eigenvalue weighted by molar-refractivity contribution is 7.92. The second-order valence-electron chi connectivity index (χ2n) is 7.16. The summed E-state index contributed by atoms with van der Waals surface area (Å²) in [5.41, 5.74) is 5.20. The lowest BCUT2D eigenvalue weighted by Gasteiger charge is -2.10. The van der Waals surface area contributed by atoms with Crippen molar-refractivity contribution in [2.75, 3.05) is 10.0 Å². The van der Waals surface area contributed by atoms with Crippen LogP contribution in [0.15, 0.2) is 77.7 Å². The maximum absolute atomic E-state index is 12.6. The third-order valence-corrected chi connectivity index (χ3v) is 6.09. The van der Waals surface area contributed by atoms with E-state index in [1.165, 1.54) is 18.2 Å². The molecule has 154 valence electrons. The molecule has 0 atom stereocenters. The Bertz CT molecular complexity index is 1180.